The van der Waals surface area contributed by atoms with Gasteiger partial charge < -0.3 is 10.0 Å². The van der Waals surface area contributed by atoms with Crippen LogP contribution in [0.15, 0.2) is 35.2 Å². The van der Waals surface area contributed by atoms with Crippen molar-refractivity contribution in [1.29, 1.82) is 0 Å². The largest absolute Gasteiger partial charge is 0.394 e. The second-order valence-electron chi connectivity index (χ2n) is 5.06. The Kier molecular flexibility index (Phi) is 5.33. The molecule has 1 aliphatic heterocycles. The van der Waals surface area contributed by atoms with Crippen molar-refractivity contribution in [1.82, 2.24) is 9.62 Å². The standard InChI is InChI=1S/C14H20N2O4S/c17-11-12-6-4-5-9-16(12)14(18)10-15-21(19,20)13-7-2-1-3-8-13/h1-3,7-8,12,15,17H,4-6,9-11H2. The number of benzene rings is 1. The quantitative estimate of drug-likeness (QED) is 0.821. The highest BCUT2D eigenvalue weighted by Gasteiger charge is 2.26. The van der Waals surface area contributed by atoms with E-state index >= 15 is 0 Å². The summed E-state index contributed by atoms with van der Waals surface area (Å²) in [6, 6.07) is 7.73. The maximum Gasteiger partial charge on any atom is 0.241 e. The monoisotopic (exact) mass is 312 g/mol. The molecule has 0 spiro atoms. The van der Waals surface area contributed by atoms with Crippen molar-refractivity contribution in [2.24, 2.45) is 0 Å². The summed E-state index contributed by atoms with van der Waals surface area (Å²) in [5.74, 6) is -0.298. The summed E-state index contributed by atoms with van der Waals surface area (Å²) in [5.41, 5.74) is 0. The third-order valence-corrected chi connectivity index (χ3v) is 5.04. The first-order chi connectivity index (χ1) is 10.0. The molecule has 1 atom stereocenters. The van der Waals surface area contributed by atoms with E-state index in [1.165, 1.54) is 12.1 Å². The van der Waals surface area contributed by atoms with E-state index in [2.05, 4.69) is 4.72 Å². The molecule has 1 fully saturated rings. The minimum absolute atomic E-state index is 0.0861. The number of carbonyl (C=O) groups excluding carboxylic acids is 1. The molecule has 6 nitrogen and oxygen atoms in total. The number of likely N-dealkylation sites (tertiary alicyclic amines) is 1. The van der Waals surface area contributed by atoms with E-state index in [9.17, 15) is 18.3 Å². The fourth-order valence-corrected chi connectivity index (χ4v) is 3.46. The number of carbonyl (C=O) groups is 1. The highest BCUT2D eigenvalue weighted by Crippen LogP contribution is 2.16. The number of nitrogens with one attached hydrogen (secondary N) is 1. The molecular weight excluding hydrogens is 292 g/mol. The first-order valence-corrected chi connectivity index (χ1v) is 8.48. The topological polar surface area (TPSA) is 86.7 Å². The van der Waals surface area contributed by atoms with Crippen LogP contribution in [0.2, 0.25) is 0 Å². The van der Waals surface area contributed by atoms with Gasteiger partial charge in [-0.3, -0.25) is 4.79 Å². The van der Waals surface area contributed by atoms with E-state index in [1.807, 2.05) is 0 Å². The molecule has 1 aromatic rings. The Bertz CT molecular complexity index is 574. The fourth-order valence-electron chi connectivity index (χ4n) is 2.46. The van der Waals surface area contributed by atoms with Gasteiger partial charge in [0.1, 0.15) is 0 Å². The maximum absolute atomic E-state index is 12.1. The Balaban J connectivity index is 1.97. The lowest BCUT2D eigenvalue weighted by Gasteiger charge is -2.34. The van der Waals surface area contributed by atoms with E-state index in [1.54, 1.807) is 23.1 Å². The summed E-state index contributed by atoms with van der Waals surface area (Å²) >= 11 is 0. The van der Waals surface area contributed by atoms with E-state index < -0.39 is 10.0 Å². The smallest absolute Gasteiger partial charge is 0.241 e. The lowest BCUT2D eigenvalue weighted by atomic mass is 10.0. The number of amides is 1. The van der Waals surface area contributed by atoms with Crippen molar-refractivity contribution in [2.75, 3.05) is 19.7 Å². The predicted molar refractivity (Wildman–Crippen MR) is 78.1 cm³/mol. The summed E-state index contributed by atoms with van der Waals surface area (Å²) in [5, 5.41) is 9.28. The molecule has 116 valence electrons. The highest BCUT2D eigenvalue weighted by molar-refractivity contribution is 7.89. The molecule has 2 N–H and O–H groups in total. The summed E-state index contributed by atoms with van der Waals surface area (Å²) in [4.78, 5) is 13.8. The minimum Gasteiger partial charge on any atom is -0.394 e. The van der Waals surface area contributed by atoms with Gasteiger partial charge in [0, 0.05) is 6.54 Å². The fraction of sp³-hybridized carbons (Fsp3) is 0.500. The Labute approximate surface area is 124 Å². The van der Waals surface area contributed by atoms with E-state index in [-0.39, 0.29) is 30.0 Å². The van der Waals surface area contributed by atoms with Crippen LogP contribution in [0, 0.1) is 0 Å². The van der Waals surface area contributed by atoms with Crippen molar-refractivity contribution in [2.45, 2.75) is 30.2 Å². The molecular formula is C14H20N2O4S. The SMILES string of the molecule is O=C(CNS(=O)(=O)c1ccccc1)N1CCCCC1CO. The van der Waals surface area contributed by atoms with Crippen molar-refractivity contribution in [3.63, 3.8) is 0 Å². The molecule has 0 aromatic heterocycles. The van der Waals surface area contributed by atoms with Crippen molar-refractivity contribution >= 4 is 15.9 Å². The van der Waals surface area contributed by atoms with Crippen LogP contribution in [0.3, 0.4) is 0 Å². The van der Waals surface area contributed by atoms with E-state index in [0.29, 0.717) is 6.54 Å². The summed E-state index contributed by atoms with van der Waals surface area (Å²) in [6.45, 7) is 0.196. The molecule has 1 amide bonds. The molecule has 0 bridgehead atoms. The molecule has 1 aliphatic rings. The highest BCUT2D eigenvalue weighted by atomic mass is 32.2. The Morgan fingerprint density at radius 3 is 2.67 bits per heavy atom. The molecule has 1 heterocycles. The Hall–Kier alpha value is -1.44. The number of piperidine rings is 1. The van der Waals surface area contributed by atoms with Crippen LogP contribution >= 0.6 is 0 Å². The molecule has 0 aliphatic carbocycles. The number of sulfonamides is 1. The zero-order valence-corrected chi connectivity index (χ0v) is 12.6. The molecule has 0 radical (unpaired) electrons. The van der Waals surface area contributed by atoms with Gasteiger partial charge in [-0.15, -0.1) is 0 Å². The van der Waals surface area contributed by atoms with Crippen LogP contribution in [0.5, 0.6) is 0 Å². The Morgan fingerprint density at radius 2 is 2.00 bits per heavy atom. The van der Waals surface area contributed by atoms with Crippen LogP contribution < -0.4 is 4.72 Å². The van der Waals surface area contributed by atoms with E-state index in [0.717, 1.165) is 19.3 Å². The van der Waals surface area contributed by atoms with Gasteiger partial charge in [-0.2, -0.15) is 0 Å². The minimum atomic E-state index is -3.68. The number of aliphatic hydroxyl groups is 1. The number of nitrogens with zero attached hydrogens (tertiary/aromatic N) is 1. The molecule has 7 heteroatoms. The third kappa shape index (κ3) is 4.03. The number of aliphatic hydroxyl groups excluding tert-OH is 1. The second kappa shape index (κ2) is 7.02. The molecule has 2 rings (SSSR count). The van der Waals surface area contributed by atoms with Crippen LogP contribution in [0.25, 0.3) is 0 Å². The van der Waals surface area contributed by atoms with Gasteiger partial charge in [0.2, 0.25) is 15.9 Å². The zero-order valence-electron chi connectivity index (χ0n) is 11.7. The first-order valence-electron chi connectivity index (χ1n) is 6.99. The molecule has 21 heavy (non-hydrogen) atoms. The maximum atomic E-state index is 12.1. The molecule has 1 saturated heterocycles. The summed E-state index contributed by atoms with van der Waals surface area (Å²) in [6.07, 6.45) is 2.62. The zero-order chi connectivity index (χ0) is 15.3. The summed E-state index contributed by atoms with van der Waals surface area (Å²) in [7, 11) is -3.68. The molecule has 0 saturated carbocycles. The van der Waals surface area contributed by atoms with Gasteiger partial charge >= 0.3 is 0 Å². The molecule has 1 unspecified atom stereocenters. The number of hydrogen-bond acceptors (Lipinski definition) is 4. The van der Waals surface area contributed by atoms with E-state index in [4.69, 9.17) is 0 Å². The lowest BCUT2D eigenvalue weighted by Crippen LogP contribution is -2.49. The number of rotatable bonds is 5. The summed E-state index contributed by atoms with van der Waals surface area (Å²) < 4.78 is 26.4. The third-order valence-electron chi connectivity index (χ3n) is 3.63. The second-order valence-corrected chi connectivity index (χ2v) is 6.82. The van der Waals surface area contributed by atoms with Gasteiger partial charge in [-0.1, -0.05) is 18.2 Å². The lowest BCUT2D eigenvalue weighted by molar-refractivity contribution is -0.134. The van der Waals surface area contributed by atoms with Crippen LogP contribution in [0.4, 0.5) is 0 Å². The van der Waals surface area contributed by atoms with Crippen molar-refractivity contribution in [3.05, 3.63) is 30.3 Å². The Morgan fingerprint density at radius 1 is 1.29 bits per heavy atom. The van der Waals surface area contributed by atoms with Crippen molar-refractivity contribution < 1.29 is 18.3 Å². The average Bonchev–Trinajstić information content (AvgIpc) is 2.53. The molecule has 1 aromatic carbocycles. The van der Waals surface area contributed by atoms with Gasteiger partial charge in [-0.05, 0) is 31.4 Å². The first kappa shape index (κ1) is 15.9. The van der Waals surface area contributed by atoms with Crippen LogP contribution in [-0.2, 0) is 14.8 Å². The van der Waals surface area contributed by atoms with Crippen LogP contribution in [0.1, 0.15) is 19.3 Å². The van der Waals surface area contributed by atoms with Crippen LogP contribution in [-0.4, -0.2) is 50.1 Å². The van der Waals surface area contributed by atoms with Gasteiger partial charge in [0.15, 0.2) is 0 Å². The normalized spacial score (nSPS) is 19.5. The average molecular weight is 312 g/mol. The predicted octanol–water partition coefficient (Wildman–Crippen LogP) is 0.338. The van der Waals surface area contributed by atoms with Gasteiger partial charge in [0.25, 0.3) is 0 Å². The number of hydrogen-bond donors (Lipinski definition) is 2. The van der Waals surface area contributed by atoms with Gasteiger partial charge in [-0.25, -0.2) is 13.1 Å². The van der Waals surface area contributed by atoms with Crippen molar-refractivity contribution in [3.8, 4) is 0 Å². The van der Waals surface area contributed by atoms with Gasteiger partial charge in [0.05, 0.1) is 24.1 Å².